The van der Waals surface area contributed by atoms with Crippen molar-refractivity contribution in [3.05, 3.63) is 30.1 Å². The van der Waals surface area contributed by atoms with Gasteiger partial charge in [0.05, 0.1) is 30.8 Å². The number of imidazole rings is 1. The summed E-state index contributed by atoms with van der Waals surface area (Å²) in [5, 5.41) is -0.391. The topological polar surface area (TPSA) is 70.4 Å². The molecular formula is C17H24N2O4S. The molecule has 0 aliphatic carbocycles. The highest BCUT2D eigenvalue weighted by atomic mass is 32.2. The van der Waals surface area contributed by atoms with E-state index in [9.17, 15) is 8.42 Å². The quantitative estimate of drug-likeness (QED) is 0.766. The minimum Gasteiger partial charge on any atom is -0.493 e. The van der Waals surface area contributed by atoms with Gasteiger partial charge < -0.3 is 14.0 Å². The number of sulfone groups is 1. The first-order valence-corrected chi connectivity index (χ1v) is 9.47. The Morgan fingerprint density at radius 3 is 2.50 bits per heavy atom. The lowest BCUT2D eigenvalue weighted by molar-refractivity contribution is 0.355. The number of methoxy groups -OCH3 is 2. The monoisotopic (exact) mass is 352 g/mol. The molecule has 24 heavy (non-hydrogen) atoms. The molecule has 132 valence electrons. The molecule has 0 unspecified atom stereocenters. The van der Waals surface area contributed by atoms with Gasteiger partial charge in [-0.05, 0) is 38.5 Å². The summed E-state index contributed by atoms with van der Waals surface area (Å²) in [4.78, 5) is 4.39. The first-order valence-electron chi connectivity index (χ1n) is 7.76. The molecule has 1 heterocycles. The number of aryl methyl sites for hydroxylation is 2. The van der Waals surface area contributed by atoms with E-state index in [1.807, 2.05) is 23.6 Å². The highest BCUT2D eigenvalue weighted by Crippen LogP contribution is 2.38. The fourth-order valence-corrected chi connectivity index (χ4v) is 3.39. The summed E-state index contributed by atoms with van der Waals surface area (Å²) in [6.45, 7) is 5.69. The maximum atomic E-state index is 12.1. The number of rotatable bonds is 7. The van der Waals surface area contributed by atoms with Gasteiger partial charge in [0.1, 0.15) is 5.82 Å². The van der Waals surface area contributed by atoms with E-state index in [1.54, 1.807) is 40.5 Å². The SMILES string of the molecule is COc1cc(C)cc(-c2nccn2CCS(=O)(=O)C(C)C)c1OC. The summed E-state index contributed by atoms with van der Waals surface area (Å²) in [6, 6.07) is 3.84. The molecule has 0 spiro atoms. The summed E-state index contributed by atoms with van der Waals surface area (Å²) in [5.74, 6) is 1.94. The van der Waals surface area contributed by atoms with Crippen molar-refractivity contribution in [2.45, 2.75) is 32.6 Å². The Morgan fingerprint density at radius 2 is 1.92 bits per heavy atom. The number of nitrogens with zero attached hydrogens (tertiary/aromatic N) is 2. The van der Waals surface area contributed by atoms with Crippen LogP contribution >= 0.6 is 0 Å². The van der Waals surface area contributed by atoms with Gasteiger partial charge in [0.25, 0.3) is 0 Å². The zero-order valence-electron chi connectivity index (χ0n) is 14.7. The first-order chi connectivity index (χ1) is 11.3. The zero-order chi connectivity index (χ0) is 17.9. The maximum Gasteiger partial charge on any atom is 0.171 e. The molecule has 0 bridgehead atoms. The number of hydrogen-bond acceptors (Lipinski definition) is 5. The molecule has 0 saturated carbocycles. The summed E-state index contributed by atoms with van der Waals surface area (Å²) in [5.41, 5.74) is 1.79. The van der Waals surface area contributed by atoms with Gasteiger partial charge in [-0.25, -0.2) is 13.4 Å². The van der Waals surface area contributed by atoms with Gasteiger partial charge in [0.15, 0.2) is 21.3 Å². The van der Waals surface area contributed by atoms with E-state index in [0.29, 0.717) is 23.9 Å². The van der Waals surface area contributed by atoms with Crippen LogP contribution in [0.2, 0.25) is 0 Å². The van der Waals surface area contributed by atoms with E-state index in [-0.39, 0.29) is 5.75 Å². The van der Waals surface area contributed by atoms with Gasteiger partial charge >= 0.3 is 0 Å². The van der Waals surface area contributed by atoms with Crippen molar-refractivity contribution in [3.8, 4) is 22.9 Å². The Balaban J connectivity index is 2.42. The third-order valence-corrected chi connectivity index (χ3v) is 6.10. The second kappa shape index (κ2) is 7.25. The van der Waals surface area contributed by atoms with Crippen LogP contribution in [-0.2, 0) is 16.4 Å². The molecule has 2 aromatic rings. The lowest BCUT2D eigenvalue weighted by atomic mass is 10.1. The van der Waals surface area contributed by atoms with Crippen molar-refractivity contribution >= 4 is 9.84 Å². The summed E-state index contributed by atoms with van der Waals surface area (Å²) in [7, 11) is 0.0482. The standard InChI is InChI=1S/C17H24N2O4S/c1-12(2)24(20,21)9-8-19-7-6-18-17(19)14-10-13(3)11-15(22-4)16(14)23-5/h6-7,10-12H,8-9H2,1-5H3. The Kier molecular flexibility index (Phi) is 5.54. The van der Waals surface area contributed by atoms with Crippen molar-refractivity contribution in [2.75, 3.05) is 20.0 Å². The van der Waals surface area contributed by atoms with Gasteiger partial charge in [-0.15, -0.1) is 0 Å². The van der Waals surface area contributed by atoms with Crippen molar-refractivity contribution < 1.29 is 17.9 Å². The average molecular weight is 352 g/mol. The van der Waals surface area contributed by atoms with Crippen LogP contribution in [0.4, 0.5) is 0 Å². The predicted molar refractivity (Wildman–Crippen MR) is 94.4 cm³/mol. The van der Waals surface area contributed by atoms with Gasteiger partial charge in [-0.3, -0.25) is 0 Å². The minimum absolute atomic E-state index is 0.0687. The van der Waals surface area contributed by atoms with Crippen molar-refractivity contribution in [3.63, 3.8) is 0 Å². The molecular weight excluding hydrogens is 328 g/mol. The van der Waals surface area contributed by atoms with Crippen LogP contribution < -0.4 is 9.47 Å². The van der Waals surface area contributed by atoms with Crippen LogP contribution in [0.3, 0.4) is 0 Å². The summed E-state index contributed by atoms with van der Waals surface area (Å²) in [6.07, 6.45) is 3.44. The van der Waals surface area contributed by atoms with E-state index in [0.717, 1.165) is 11.1 Å². The molecule has 2 rings (SSSR count). The molecule has 6 nitrogen and oxygen atoms in total. The molecule has 0 aliphatic rings. The second-order valence-corrected chi connectivity index (χ2v) is 8.58. The Bertz CT molecular complexity index is 810. The molecule has 0 atom stereocenters. The minimum atomic E-state index is -3.11. The second-order valence-electron chi connectivity index (χ2n) is 5.91. The fraction of sp³-hybridized carbons (Fsp3) is 0.471. The van der Waals surface area contributed by atoms with Gasteiger partial charge in [0.2, 0.25) is 0 Å². The third-order valence-electron chi connectivity index (χ3n) is 3.91. The zero-order valence-corrected chi connectivity index (χ0v) is 15.6. The van der Waals surface area contributed by atoms with Crippen LogP contribution in [0.15, 0.2) is 24.5 Å². The Morgan fingerprint density at radius 1 is 1.21 bits per heavy atom. The average Bonchev–Trinajstić information content (AvgIpc) is 3.00. The highest BCUT2D eigenvalue weighted by Gasteiger charge is 2.20. The van der Waals surface area contributed by atoms with Crippen molar-refractivity contribution in [2.24, 2.45) is 0 Å². The predicted octanol–water partition coefficient (Wildman–Crippen LogP) is 2.70. The molecule has 1 aromatic heterocycles. The molecule has 0 radical (unpaired) electrons. The molecule has 7 heteroatoms. The van der Waals surface area contributed by atoms with Crippen LogP contribution in [0.1, 0.15) is 19.4 Å². The Hall–Kier alpha value is -2.02. The summed E-state index contributed by atoms with van der Waals surface area (Å²) >= 11 is 0. The smallest absolute Gasteiger partial charge is 0.171 e. The van der Waals surface area contributed by atoms with Crippen molar-refractivity contribution in [1.82, 2.24) is 9.55 Å². The molecule has 0 N–H and O–H groups in total. The van der Waals surface area contributed by atoms with Gasteiger partial charge in [-0.1, -0.05) is 0 Å². The number of aromatic nitrogens is 2. The Labute approximate surface area is 143 Å². The lowest BCUT2D eigenvalue weighted by Gasteiger charge is -2.15. The fourth-order valence-electron chi connectivity index (χ4n) is 2.46. The largest absolute Gasteiger partial charge is 0.493 e. The summed E-state index contributed by atoms with van der Waals surface area (Å²) < 4.78 is 36.8. The highest BCUT2D eigenvalue weighted by molar-refractivity contribution is 7.91. The molecule has 0 aliphatic heterocycles. The van der Waals surface area contributed by atoms with Crippen LogP contribution in [0, 0.1) is 6.92 Å². The molecule has 0 amide bonds. The normalized spacial score (nSPS) is 11.8. The number of ether oxygens (including phenoxy) is 2. The van der Waals surface area contributed by atoms with E-state index < -0.39 is 15.1 Å². The van der Waals surface area contributed by atoms with Crippen LogP contribution in [0.5, 0.6) is 11.5 Å². The number of benzene rings is 1. The van der Waals surface area contributed by atoms with E-state index in [1.165, 1.54) is 0 Å². The first kappa shape index (κ1) is 18.3. The van der Waals surface area contributed by atoms with E-state index >= 15 is 0 Å². The molecule has 0 saturated heterocycles. The van der Waals surface area contributed by atoms with E-state index in [4.69, 9.17) is 9.47 Å². The lowest BCUT2D eigenvalue weighted by Crippen LogP contribution is -2.21. The van der Waals surface area contributed by atoms with E-state index in [2.05, 4.69) is 4.98 Å². The van der Waals surface area contributed by atoms with Crippen LogP contribution in [-0.4, -0.2) is 43.2 Å². The number of hydrogen-bond donors (Lipinski definition) is 0. The molecule has 0 fully saturated rings. The van der Waals surface area contributed by atoms with Crippen LogP contribution in [0.25, 0.3) is 11.4 Å². The van der Waals surface area contributed by atoms with Crippen molar-refractivity contribution in [1.29, 1.82) is 0 Å². The third kappa shape index (κ3) is 3.72. The maximum absolute atomic E-state index is 12.1. The van der Waals surface area contributed by atoms with Gasteiger partial charge in [-0.2, -0.15) is 0 Å². The van der Waals surface area contributed by atoms with Gasteiger partial charge in [0, 0.05) is 18.9 Å². The molecule has 1 aromatic carbocycles.